The zero-order valence-electron chi connectivity index (χ0n) is 11.2. The van der Waals surface area contributed by atoms with Crippen molar-refractivity contribution in [2.75, 3.05) is 23.8 Å². The Bertz CT molecular complexity index is 451. The molecule has 1 aromatic rings. The van der Waals surface area contributed by atoms with Crippen molar-refractivity contribution in [3.05, 3.63) is 24.3 Å². The minimum Gasteiger partial charge on any atom is -0.399 e. The van der Waals surface area contributed by atoms with Crippen LogP contribution in [-0.2, 0) is 4.79 Å². The minimum absolute atomic E-state index is 0.204. The van der Waals surface area contributed by atoms with Crippen LogP contribution in [0.3, 0.4) is 0 Å². The van der Waals surface area contributed by atoms with Crippen LogP contribution in [0.1, 0.15) is 32.1 Å². The molecule has 0 atom stereocenters. The highest BCUT2D eigenvalue weighted by Crippen LogP contribution is 2.27. The smallest absolute Gasteiger partial charge is 0.242 e. The summed E-state index contributed by atoms with van der Waals surface area (Å²) in [6, 6.07) is 8.16. The Balaban J connectivity index is 1.70. The predicted molar refractivity (Wildman–Crippen MR) is 76.8 cm³/mol. The molecule has 0 spiro atoms. The molecule has 0 aromatic heterocycles. The number of carbonyl (C=O) groups excluding carboxylic acids is 1. The van der Waals surface area contributed by atoms with Gasteiger partial charge in [-0.1, -0.05) is 19.3 Å². The molecule has 1 heterocycles. The van der Waals surface area contributed by atoms with E-state index in [2.05, 4.69) is 4.90 Å². The molecule has 1 aliphatic heterocycles. The summed E-state index contributed by atoms with van der Waals surface area (Å²) in [6.45, 7) is 1.29. The van der Waals surface area contributed by atoms with Gasteiger partial charge >= 0.3 is 0 Å². The number of nitrogens with zero attached hydrogens (tertiary/aromatic N) is 2. The van der Waals surface area contributed by atoms with E-state index >= 15 is 0 Å². The molecule has 4 heteroatoms. The van der Waals surface area contributed by atoms with Crippen LogP contribution in [0.4, 0.5) is 11.4 Å². The molecular weight excluding hydrogens is 238 g/mol. The van der Waals surface area contributed by atoms with Gasteiger partial charge in [0.05, 0.1) is 13.2 Å². The molecule has 102 valence electrons. The van der Waals surface area contributed by atoms with Gasteiger partial charge < -0.3 is 5.73 Å². The van der Waals surface area contributed by atoms with Crippen LogP contribution >= 0.6 is 0 Å². The summed E-state index contributed by atoms with van der Waals surface area (Å²) >= 11 is 0. The first-order valence-electron chi connectivity index (χ1n) is 7.14. The van der Waals surface area contributed by atoms with E-state index < -0.39 is 0 Å². The molecular formula is C15H21N3O. The average Bonchev–Trinajstić information content (AvgIpc) is 2.83. The van der Waals surface area contributed by atoms with E-state index in [1.165, 1.54) is 32.1 Å². The normalized spacial score (nSPS) is 22.1. The maximum atomic E-state index is 12.2. The molecule has 2 N–H and O–H groups in total. The van der Waals surface area contributed by atoms with Gasteiger partial charge in [0.1, 0.15) is 0 Å². The lowest BCUT2D eigenvalue weighted by Gasteiger charge is -2.30. The molecule has 0 radical (unpaired) electrons. The van der Waals surface area contributed by atoms with Crippen LogP contribution in [0.2, 0.25) is 0 Å². The van der Waals surface area contributed by atoms with Crippen molar-refractivity contribution < 1.29 is 4.79 Å². The number of carbonyl (C=O) groups is 1. The Hall–Kier alpha value is -1.55. The average molecular weight is 259 g/mol. The number of nitrogens with two attached hydrogens (primary N) is 1. The van der Waals surface area contributed by atoms with Crippen LogP contribution < -0.4 is 10.6 Å². The molecule has 4 nitrogen and oxygen atoms in total. The maximum absolute atomic E-state index is 12.2. The zero-order chi connectivity index (χ0) is 13.2. The van der Waals surface area contributed by atoms with Crippen molar-refractivity contribution in [3.8, 4) is 0 Å². The van der Waals surface area contributed by atoms with Gasteiger partial charge in [0.15, 0.2) is 0 Å². The molecule has 1 aliphatic carbocycles. The third-order valence-electron chi connectivity index (χ3n) is 4.26. The maximum Gasteiger partial charge on any atom is 0.242 e. The number of anilines is 2. The standard InChI is InChI=1S/C15H21N3O/c16-12-6-8-14(9-7-12)18-11-17(10-15(18)19)13-4-2-1-3-5-13/h6-9,13H,1-5,10-11,16H2. The Labute approximate surface area is 114 Å². The topological polar surface area (TPSA) is 49.6 Å². The Morgan fingerprint density at radius 3 is 2.42 bits per heavy atom. The molecule has 1 aromatic carbocycles. The molecule has 3 rings (SSSR count). The Morgan fingerprint density at radius 1 is 1.05 bits per heavy atom. The lowest BCUT2D eigenvalue weighted by molar-refractivity contribution is -0.116. The fraction of sp³-hybridized carbons (Fsp3) is 0.533. The van der Waals surface area contributed by atoms with Crippen molar-refractivity contribution in [2.24, 2.45) is 0 Å². The van der Waals surface area contributed by atoms with Crippen molar-refractivity contribution >= 4 is 17.3 Å². The SMILES string of the molecule is Nc1ccc(N2CN(C3CCCCC3)CC2=O)cc1. The van der Waals surface area contributed by atoms with Gasteiger partial charge in [-0.15, -0.1) is 0 Å². The minimum atomic E-state index is 0.204. The first-order valence-corrected chi connectivity index (χ1v) is 7.14. The van der Waals surface area contributed by atoms with Crippen molar-refractivity contribution in [2.45, 2.75) is 38.1 Å². The molecule has 19 heavy (non-hydrogen) atoms. The molecule has 1 saturated carbocycles. The second-order valence-electron chi connectivity index (χ2n) is 5.59. The van der Waals surface area contributed by atoms with E-state index in [4.69, 9.17) is 5.73 Å². The van der Waals surface area contributed by atoms with Gasteiger partial charge in [0.2, 0.25) is 5.91 Å². The number of amides is 1. The summed E-state index contributed by atoms with van der Waals surface area (Å²) in [6.07, 6.45) is 6.43. The van der Waals surface area contributed by atoms with Gasteiger partial charge in [0.25, 0.3) is 0 Å². The third kappa shape index (κ3) is 2.59. The molecule has 1 saturated heterocycles. The number of benzene rings is 1. The summed E-state index contributed by atoms with van der Waals surface area (Å²) in [5.74, 6) is 0.204. The Morgan fingerprint density at radius 2 is 1.74 bits per heavy atom. The van der Waals surface area contributed by atoms with E-state index in [1.54, 1.807) is 0 Å². The molecule has 2 fully saturated rings. The highest BCUT2D eigenvalue weighted by molar-refractivity contribution is 5.96. The van der Waals surface area contributed by atoms with E-state index in [0.29, 0.717) is 12.6 Å². The molecule has 2 aliphatic rings. The number of hydrogen-bond acceptors (Lipinski definition) is 3. The van der Waals surface area contributed by atoms with E-state index in [0.717, 1.165) is 18.0 Å². The van der Waals surface area contributed by atoms with Crippen LogP contribution in [-0.4, -0.2) is 30.1 Å². The highest BCUT2D eigenvalue weighted by atomic mass is 16.2. The van der Waals surface area contributed by atoms with Crippen molar-refractivity contribution in [3.63, 3.8) is 0 Å². The third-order valence-corrected chi connectivity index (χ3v) is 4.26. The largest absolute Gasteiger partial charge is 0.399 e. The predicted octanol–water partition coefficient (Wildman–Crippen LogP) is 2.21. The lowest BCUT2D eigenvalue weighted by atomic mass is 9.94. The van der Waals surface area contributed by atoms with Gasteiger partial charge in [-0.25, -0.2) is 0 Å². The van der Waals surface area contributed by atoms with Crippen molar-refractivity contribution in [1.29, 1.82) is 0 Å². The number of hydrogen-bond donors (Lipinski definition) is 1. The molecule has 0 bridgehead atoms. The summed E-state index contributed by atoms with van der Waals surface area (Å²) in [4.78, 5) is 16.4. The van der Waals surface area contributed by atoms with Crippen LogP contribution in [0.25, 0.3) is 0 Å². The second kappa shape index (κ2) is 5.21. The van der Waals surface area contributed by atoms with Crippen LogP contribution in [0, 0.1) is 0 Å². The summed E-state index contributed by atoms with van der Waals surface area (Å²) < 4.78 is 0. The van der Waals surface area contributed by atoms with Crippen molar-refractivity contribution in [1.82, 2.24) is 4.90 Å². The van der Waals surface area contributed by atoms with Gasteiger partial charge in [-0.2, -0.15) is 0 Å². The fourth-order valence-electron chi connectivity index (χ4n) is 3.14. The van der Waals surface area contributed by atoms with Gasteiger partial charge in [-0.3, -0.25) is 14.6 Å². The summed E-state index contributed by atoms with van der Waals surface area (Å²) in [5.41, 5.74) is 7.38. The lowest BCUT2D eigenvalue weighted by Crippen LogP contribution is -2.36. The molecule has 1 amide bonds. The first kappa shape index (κ1) is 12.5. The van der Waals surface area contributed by atoms with Crippen LogP contribution in [0.5, 0.6) is 0 Å². The highest BCUT2D eigenvalue weighted by Gasteiger charge is 2.33. The van der Waals surface area contributed by atoms with Gasteiger partial charge in [0, 0.05) is 17.4 Å². The fourth-order valence-corrected chi connectivity index (χ4v) is 3.14. The zero-order valence-corrected chi connectivity index (χ0v) is 11.2. The quantitative estimate of drug-likeness (QED) is 0.828. The Kier molecular flexibility index (Phi) is 3.42. The first-order chi connectivity index (χ1) is 9.24. The summed E-state index contributed by atoms with van der Waals surface area (Å²) in [5, 5.41) is 0. The van der Waals surface area contributed by atoms with E-state index in [1.807, 2.05) is 29.2 Å². The second-order valence-corrected chi connectivity index (χ2v) is 5.59. The molecule has 0 unspecified atom stereocenters. The van der Waals surface area contributed by atoms with Crippen LogP contribution in [0.15, 0.2) is 24.3 Å². The van der Waals surface area contributed by atoms with E-state index in [-0.39, 0.29) is 5.91 Å². The monoisotopic (exact) mass is 259 g/mol. The van der Waals surface area contributed by atoms with E-state index in [9.17, 15) is 4.79 Å². The number of rotatable bonds is 2. The summed E-state index contributed by atoms with van der Waals surface area (Å²) in [7, 11) is 0. The van der Waals surface area contributed by atoms with Gasteiger partial charge in [-0.05, 0) is 37.1 Å². The number of nitrogen functional groups attached to an aromatic ring is 1.